The Morgan fingerprint density at radius 3 is 1.66 bits per heavy atom. The van der Waals surface area contributed by atoms with Gasteiger partial charge in [0.15, 0.2) is 0 Å². The van der Waals surface area contributed by atoms with Crippen LogP contribution >= 0.6 is 0 Å². The Morgan fingerprint density at radius 1 is 0.766 bits per heavy atom. The molecule has 0 radical (unpaired) electrons. The summed E-state index contributed by atoms with van der Waals surface area (Å²) in [6.07, 6.45) is 10.2. The van der Waals surface area contributed by atoms with Crippen LogP contribution in [0.1, 0.15) is 114 Å². The molecule has 47 heavy (non-hydrogen) atoms. The number of hydrogen-bond acceptors (Lipinski definition) is 5. The SMILES string of the molecule is CCCCCC(C)CN(C(C)=O)C1CC(=O)N(c2c(CC)cc(Cc3cc(CC)c(N4C(=O)C=CC4=O)c(CC)c3)cc2CC)C1=O. The summed E-state index contributed by atoms with van der Waals surface area (Å²) < 4.78 is 0. The number of carbonyl (C=O) groups excluding carboxylic acids is 5. The van der Waals surface area contributed by atoms with Gasteiger partial charge in [0.2, 0.25) is 11.8 Å². The van der Waals surface area contributed by atoms with Gasteiger partial charge in [-0.3, -0.25) is 24.0 Å². The van der Waals surface area contributed by atoms with Gasteiger partial charge in [-0.2, -0.15) is 0 Å². The molecule has 4 rings (SSSR count). The first kappa shape index (κ1) is 35.8. The monoisotopic (exact) mass is 641 g/mol. The summed E-state index contributed by atoms with van der Waals surface area (Å²) in [4.78, 5) is 69.7. The molecule has 252 valence electrons. The van der Waals surface area contributed by atoms with Crippen molar-refractivity contribution in [2.45, 2.75) is 119 Å². The largest absolute Gasteiger partial charge is 0.330 e. The molecule has 0 aliphatic carbocycles. The number of amides is 5. The summed E-state index contributed by atoms with van der Waals surface area (Å²) in [5.41, 5.74) is 7.23. The highest BCUT2D eigenvalue weighted by atomic mass is 16.2. The van der Waals surface area contributed by atoms with E-state index in [1.165, 1.54) is 28.9 Å². The maximum Gasteiger partial charge on any atom is 0.258 e. The van der Waals surface area contributed by atoms with E-state index in [0.29, 0.717) is 50.0 Å². The van der Waals surface area contributed by atoms with Gasteiger partial charge < -0.3 is 4.90 Å². The predicted molar refractivity (Wildman–Crippen MR) is 186 cm³/mol. The van der Waals surface area contributed by atoms with E-state index in [1.807, 2.05) is 27.7 Å². The van der Waals surface area contributed by atoms with Crippen LogP contribution in [0.25, 0.3) is 0 Å². The third kappa shape index (κ3) is 7.58. The van der Waals surface area contributed by atoms with Crippen LogP contribution in [0.5, 0.6) is 0 Å². The van der Waals surface area contributed by atoms with E-state index in [4.69, 9.17) is 0 Å². The molecule has 2 heterocycles. The lowest BCUT2D eigenvalue weighted by Crippen LogP contribution is -2.46. The Kier molecular flexibility index (Phi) is 11.9. The van der Waals surface area contributed by atoms with E-state index in [1.54, 1.807) is 4.90 Å². The summed E-state index contributed by atoms with van der Waals surface area (Å²) in [5, 5.41) is 0. The van der Waals surface area contributed by atoms with Crippen LogP contribution in [0.2, 0.25) is 0 Å². The normalized spacial score (nSPS) is 17.0. The maximum atomic E-state index is 14.0. The van der Waals surface area contributed by atoms with Gasteiger partial charge in [-0.25, -0.2) is 9.80 Å². The molecule has 0 bridgehead atoms. The van der Waals surface area contributed by atoms with Crippen LogP contribution < -0.4 is 9.80 Å². The standard InChI is InChI=1S/C39H51N3O5/c1-8-13-14-15-25(6)24-40(26(7)43)33-23-36(46)42(39(33)47)38-31(11-4)21-28(22-32(38)12-5)18-27-19-29(9-2)37(30(10-3)20-27)41-34(44)16-17-35(41)45/h16-17,19-22,25,33H,8-15,18,23-24H2,1-7H3. The summed E-state index contributed by atoms with van der Waals surface area (Å²) >= 11 is 0. The third-order valence-electron chi connectivity index (χ3n) is 9.56. The second-order valence-electron chi connectivity index (χ2n) is 13.0. The number of rotatable bonds is 15. The van der Waals surface area contributed by atoms with Gasteiger partial charge in [-0.1, -0.05) is 85.1 Å². The molecule has 0 aromatic heterocycles. The van der Waals surface area contributed by atoms with Crippen molar-refractivity contribution in [2.24, 2.45) is 5.92 Å². The lowest BCUT2D eigenvalue weighted by molar-refractivity contribution is -0.137. The molecular weight excluding hydrogens is 590 g/mol. The molecule has 2 aromatic carbocycles. The summed E-state index contributed by atoms with van der Waals surface area (Å²) in [7, 11) is 0. The van der Waals surface area contributed by atoms with Crippen LogP contribution in [-0.4, -0.2) is 47.0 Å². The molecule has 2 atom stereocenters. The average Bonchev–Trinajstić information content (AvgIpc) is 3.53. The van der Waals surface area contributed by atoms with Crippen molar-refractivity contribution in [2.75, 3.05) is 16.3 Å². The molecule has 0 spiro atoms. The van der Waals surface area contributed by atoms with Crippen molar-refractivity contribution >= 4 is 40.9 Å². The van der Waals surface area contributed by atoms with Crippen molar-refractivity contribution in [1.29, 1.82) is 0 Å². The zero-order chi connectivity index (χ0) is 34.4. The summed E-state index contributed by atoms with van der Waals surface area (Å²) in [6, 6.07) is 7.55. The maximum absolute atomic E-state index is 14.0. The van der Waals surface area contributed by atoms with Crippen LogP contribution in [0, 0.1) is 5.92 Å². The minimum atomic E-state index is -0.786. The Morgan fingerprint density at radius 2 is 1.23 bits per heavy atom. The minimum absolute atomic E-state index is 0.00235. The van der Waals surface area contributed by atoms with Crippen LogP contribution in [0.15, 0.2) is 36.4 Å². The van der Waals surface area contributed by atoms with Crippen LogP contribution in [-0.2, 0) is 56.1 Å². The minimum Gasteiger partial charge on any atom is -0.330 e. The first-order chi connectivity index (χ1) is 22.5. The fraction of sp³-hybridized carbons (Fsp3) is 0.513. The second kappa shape index (κ2) is 15.7. The zero-order valence-electron chi connectivity index (χ0n) is 29.3. The molecule has 8 heteroatoms. The number of aryl methyl sites for hydroxylation is 4. The Labute approximate surface area is 280 Å². The molecular formula is C39H51N3O5. The fourth-order valence-electron chi connectivity index (χ4n) is 7.12. The first-order valence-corrected chi connectivity index (χ1v) is 17.5. The van der Waals surface area contributed by atoms with Gasteiger partial charge in [0, 0.05) is 25.6 Å². The lowest BCUT2D eigenvalue weighted by atomic mass is 9.92. The molecule has 0 saturated carbocycles. The highest BCUT2D eigenvalue weighted by Crippen LogP contribution is 2.36. The van der Waals surface area contributed by atoms with Gasteiger partial charge in [0.05, 0.1) is 17.8 Å². The lowest BCUT2D eigenvalue weighted by Gasteiger charge is -2.30. The molecule has 0 N–H and O–H groups in total. The average molecular weight is 642 g/mol. The van der Waals surface area contributed by atoms with Gasteiger partial charge in [-0.05, 0) is 77.8 Å². The Bertz CT molecular complexity index is 1510. The van der Waals surface area contributed by atoms with Gasteiger partial charge in [0.1, 0.15) is 6.04 Å². The predicted octanol–water partition coefficient (Wildman–Crippen LogP) is 6.65. The fourth-order valence-corrected chi connectivity index (χ4v) is 7.12. The van der Waals surface area contributed by atoms with Crippen molar-refractivity contribution < 1.29 is 24.0 Å². The Balaban J connectivity index is 1.65. The van der Waals surface area contributed by atoms with Gasteiger partial charge in [-0.15, -0.1) is 0 Å². The molecule has 2 aliphatic rings. The van der Waals surface area contributed by atoms with Crippen LogP contribution in [0.4, 0.5) is 11.4 Å². The smallest absolute Gasteiger partial charge is 0.258 e. The van der Waals surface area contributed by atoms with Gasteiger partial charge >= 0.3 is 0 Å². The topological polar surface area (TPSA) is 95.1 Å². The van der Waals surface area contributed by atoms with E-state index in [0.717, 1.165) is 59.1 Å². The molecule has 1 saturated heterocycles. The number of nitrogens with zero attached hydrogens (tertiary/aromatic N) is 3. The first-order valence-electron chi connectivity index (χ1n) is 17.5. The van der Waals surface area contributed by atoms with Crippen molar-refractivity contribution in [3.63, 3.8) is 0 Å². The number of imide groups is 2. The van der Waals surface area contributed by atoms with E-state index in [9.17, 15) is 24.0 Å². The molecule has 5 amide bonds. The molecule has 2 aliphatic heterocycles. The van der Waals surface area contributed by atoms with E-state index >= 15 is 0 Å². The second-order valence-corrected chi connectivity index (χ2v) is 13.0. The molecule has 2 aromatic rings. The number of benzene rings is 2. The summed E-state index contributed by atoms with van der Waals surface area (Å²) in [6.45, 7) is 14.3. The van der Waals surface area contributed by atoms with Crippen molar-refractivity contribution in [3.05, 3.63) is 69.8 Å². The highest BCUT2D eigenvalue weighted by molar-refractivity contribution is 6.28. The van der Waals surface area contributed by atoms with E-state index in [-0.39, 0.29) is 41.9 Å². The zero-order valence-corrected chi connectivity index (χ0v) is 29.3. The highest BCUT2D eigenvalue weighted by Gasteiger charge is 2.45. The summed E-state index contributed by atoms with van der Waals surface area (Å²) in [5.74, 6) is -1.16. The number of unbranched alkanes of at least 4 members (excludes halogenated alkanes) is 2. The quantitative estimate of drug-likeness (QED) is 0.160. The molecule has 8 nitrogen and oxygen atoms in total. The van der Waals surface area contributed by atoms with E-state index in [2.05, 4.69) is 38.1 Å². The number of carbonyl (C=O) groups is 5. The molecule has 1 fully saturated rings. The van der Waals surface area contributed by atoms with Crippen LogP contribution in [0.3, 0.4) is 0 Å². The van der Waals surface area contributed by atoms with Gasteiger partial charge in [0.25, 0.3) is 17.7 Å². The number of anilines is 2. The van der Waals surface area contributed by atoms with Crippen molar-refractivity contribution in [3.8, 4) is 0 Å². The van der Waals surface area contributed by atoms with Crippen molar-refractivity contribution in [1.82, 2.24) is 4.90 Å². The third-order valence-corrected chi connectivity index (χ3v) is 9.56. The Hall–Kier alpha value is -4.07. The number of hydrogen-bond donors (Lipinski definition) is 0. The van der Waals surface area contributed by atoms with E-state index < -0.39 is 6.04 Å². The molecule has 2 unspecified atom stereocenters.